The van der Waals surface area contributed by atoms with Gasteiger partial charge in [0.25, 0.3) is 0 Å². The molecule has 0 radical (unpaired) electrons. The number of rotatable bonds is 3. The van der Waals surface area contributed by atoms with Gasteiger partial charge in [0, 0.05) is 6.92 Å². The fourth-order valence-electron chi connectivity index (χ4n) is 0.792. The van der Waals surface area contributed by atoms with Crippen LogP contribution in [0.5, 0.6) is 0 Å². The van der Waals surface area contributed by atoms with Crippen LogP contribution in [0, 0.1) is 6.92 Å². The average molecular weight is 207 g/mol. The lowest BCUT2D eigenvalue weighted by Crippen LogP contribution is -2.37. The van der Waals surface area contributed by atoms with E-state index in [0.29, 0.717) is 0 Å². The molecule has 0 aliphatic carbocycles. The maximum Gasteiger partial charge on any atom is 0.224 e. The van der Waals surface area contributed by atoms with Gasteiger partial charge in [-0.15, -0.1) is 0 Å². The van der Waals surface area contributed by atoms with E-state index in [1.165, 1.54) is 11.3 Å². The van der Waals surface area contributed by atoms with Gasteiger partial charge in [-0.05, 0) is 0 Å². The van der Waals surface area contributed by atoms with Crippen molar-refractivity contribution in [3.8, 4) is 0 Å². The Morgan fingerprint density at radius 1 is 1.67 bits per heavy atom. The van der Waals surface area contributed by atoms with Crippen molar-refractivity contribution < 1.29 is 17.5 Å². The molecule has 4 nitrogen and oxygen atoms in total. The highest BCUT2D eigenvalue weighted by molar-refractivity contribution is 7.85. The molecule has 0 atom stereocenters. The van der Waals surface area contributed by atoms with E-state index in [1.54, 1.807) is 10.1 Å². The molecule has 0 unspecified atom stereocenters. The molecular weight excluding hydrogens is 198 g/mol. The maximum absolute atomic E-state index is 10.3. The van der Waals surface area contributed by atoms with Crippen molar-refractivity contribution in [3.63, 3.8) is 0 Å². The molecule has 0 amide bonds. The summed E-state index contributed by atoms with van der Waals surface area (Å²) in [7, 11) is -4.08. The van der Waals surface area contributed by atoms with Crippen LogP contribution in [-0.2, 0) is 16.7 Å². The quantitative estimate of drug-likeness (QED) is 0.513. The van der Waals surface area contributed by atoms with Crippen molar-refractivity contribution in [1.82, 2.24) is 0 Å². The first-order valence-corrected chi connectivity index (χ1v) is 5.87. The Balaban J connectivity index is 2.61. The van der Waals surface area contributed by atoms with Crippen LogP contribution in [0.1, 0.15) is 5.69 Å². The van der Waals surface area contributed by atoms with E-state index in [0.717, 1.165) is 5.69 Å². The molecule has 0 bridgehead atoms. The van der Waals surface area contributed by atoms with Crippen molar-refractivity contribution in [3.05, 3.63) is 16.6 Å². The summed E-state index contributed by atoms with van der Waals surface area (Å²) in [6, 6.07) is 0. The van der Waals surface area contributed by atoms with Gasteiger partial charge in [-0.3, -0.25) is 0 Å². The summed E-state index contributed by atoms with van der Waals surface area (Å²) in [5.41, 5.74) is 2.77. The van der Waals surface area contributed by atoms with Crippen molar-refractivity contribution in [2.75, 3.05) is 5.75 Å². The minimum Gasteiger partial charge on any atom is -0.748 e. The molecule has 0 saturated carbocycles. The van der Waals surface area contributed by atoms with Gasteiger partial charge in [0.05, 0.1) is 11.1 Å². The molecule has 0 aliphatic rings. The lowest BCUT2D eigenvalue weighted by molar-refractivity contribution is -0.693. The Hall–Kier alpha value is -0.460. The van der Waals surface area contributed by atoms with Gasteiger partial charge in [0.2, 0.25) is 5.51 Å². The van der Waals surface area contributed by atoms with Crippen LogP contribution < -0.4 is 4.57 Å². The second-order valence-electron chi connectivity index (χ2n) is 2.46. The van der Waals surface area contributed by atoms with Gasteiger partial charge >= 0.3 is 0 Å². The first kappa shape index (κ1) is 9.63. The normalized spacial score (nSPS) is 11.8. The molecule has 0 N–H and O–H groups in total. The van der Waals surface area contributed by atoms with E-state index in [-0.39, 0.29) is 12.3 Å². The summed E-state index contributed by atoms with van der Waals surface area (Å²) in [5.74, 6) is -0.338. The van der Waals surface area contributed by atoms with Gasteiger partial charge in [-0.1, -0.05) is 11.3 Å². The predicted octanol–water partition coefficient (Wildman–Crippen LogP) is -0.111. The van der Waals surface area contributed by atoms with E-state index < -0.39 is 10.1 Å². The Bertz CT molecular complexity index is 355. The molecule has 1 aromatic heterocycles. The first-order chi connectivity index (χ1) is 5.49. The lowest BCUT2D eigenvalue weighted by atomic mass is 10.5. The van der Waals surface area contributed by atoms with Gasteiger partial charge < -0.3 is 4.55 Å². The molecule has 0 aliphatic heterocycles. The SMILES string of the molecule is Cc1csc[n+]1CCS(=O)(=O)[O-]. The van der Waals surface area contributed by atoms with Crippen molar-refractivity contribution in [2.24, 2.45) is 0 Å². The molecule has 0 aromatic carbocycles. The van der Waals surface area contributed by atoms with Crippen LogP contribution in [0.25, 0.3) is 0 Å². The van der Waals surface area contributed by atoms with Crippen LogP contribution in [0.4, 0.5) is 0 Å². The van der Waals surface area contributed by atoms with Crippen molar-refractivity contribution >= 4 is 21.5 Å². The highest BCUT2D eigenvalue weighted by atomic mass is 32.2. The number of aromatic nitrogens is 1. The van der Waals surface area contributed by atoms with Gasteiger partial charge in [0.15, 0.2) is 12.2 Å². The molecule has 1 rings (SSSR count). The van der Waals surface area contributed by atoms with Crippen LogP contribution in [-0.4, -0.2) is 18.7 Å². The number of thiazole rings is 1. The topological polar surface area (TPSA) is 61.1 Å². The van der Waals surface area contributed by atoms with E-state index in [9.17, 15) is 13.0 Å². The largest absolute Gasteiger partial charge is 0.748 e. The highest BCUT2D eigenvalue weighted by Crippen LogP contribution is 1.96. The van der Waals surface area contributed by atoms with E-state index in [2.05, 4.69) is 0 Å². The molecule has 12 heavy (non-hydrogen) atoms. The monoisotopic (exact) mass is 207 g/mol. The summed E-state index contributed by atoms with van der Waals surface area (Å²) in [6.45, 7) is 2.12. The van der Waals surface area contributed by atoms with E-state index in [1.807, 2.05) is 12.3 Å². The molecule has 0 fully saturated rings. The zero-order valence-electron chi connectivity index (χ0n) is 6.56. The van der Waals surface area contributed by atoms with Crippen LogP contribution >= 0.6 is 11.3 Å². The zero-order valence-corrected chi connectivity index (χ0v) is 8.19. The van der Waals surface area contributed by atoms with E-state index in [4.69, 9.17) is 0 Å². The Morgan fingerprint density at radius 3 is 2.75 bits per heavy atom. The number of aryl methyl sites for hydroxylation is 2. The van der Waals surface area contributed by atoms with Crippen LogP contribution in [0.3, 0.4) is 0 Å². The summed E-state index contributed by atoms with van der Waals surface area (Å²) in [5, 5.41) is 1.90. The standard InChI is InChI=1S/C6H9NO3S2/c1-6-4-11-5-7(6)2-3-12(8,9)10/h4-5H,2-3H2,1H3. The lowest BCUT2D eigenvalue weighted by Gasteiger charge is -2.02. The fraction of sp³-hybridized carbons (Fsp3) is 0.500. The van der Waals surface area contributed by atoms with Crippen molar-refractivity contribution in [1.29, 1.82) is 0 Å². The number of hydrogen-bond donors (Lipinski definition) is 0. The van der Waals surface area contributed by atoms with Crippen molar-refractivity contribution in [2.45, 2.75) is 13.5 Å². The summed E-state index contributed by atoms with van der Waals surface area (Å²) >= 11 is 1.48. The molecule has 0 saturated heterocycles. The third-order valence-electron chi connectivity index (χ3n) is 1.46. The number of nitrogens with zero attached hydrogens (tertiary/aromatic N) is 1. The van der Waals surface area contributed by atoms with Gasteiger partial charge in [0.1, 0.15) is 10.1 Å². The minimum atomic E-state index is -4.08. The minimum absolute atomic E-state index is 0.251. The highest BCUT2D eigenvalue weighted by Gasteiger charge is 2.07. The molecular formula is C6H9NO3S2. The third kappa shape index (κ3) is 2.88. The van der Waals surface area contributed by atoms with Crippen LogP contribution in [0.2, 0.25) is 0 Å². The van der Waals surface area contributed by atoms with E-state index >= 15 is 0 Å². The Morgan fingerprint density at radius 2 is 2.33 bits per heavy atom. The smallest absolute Gasteiger partial charge is 0.224 e. The maximum atomic E-state index is 10.3. The van der Waals surface area contributed by atoms with Gasteiger partial charge in [-0.2, -0.15) is 4.57 Å². The second-order valence-corrected chi connectivity index (χ2v) is 4.70. The first-order valence-electron chi connectivity index (χ1n) is 3.35. The Kier molecular flexibility index (Phi) is 2.81. The fourth-order valence-corrected chi connectivity index (χ4v) is 2.02. The number of hydrogen-bond acceptors (Lipinski definition) is 4. The summed E-state index contributed by atoms with van der Waals surface area (Å²) < 4.78 is 32.6. The second kappa shape index (κ2) is 3.51. The molecule has 1 aromatic rings. The molecule has 68 valence electrons. The molecule has 0 spiro atoms. The average Bonchev–Trinajstić information content (AvgIpc) is 2.29. The zero-order chi connectivity index (χ0) is 9.19. The van der Waals surface area contributed by atoms with Crippen LogP contribution in [0.15, 0.2) is 10.9 Å². The Labute approximate surface area is 75.2 Å². The molecule has 6 heteroatoms. The molecule has 1 heterocycles. The third-order valence-corrected chi connectivity index (χ3v) is 3.00. The summed E-state index contributed by atoms with van der Waals surface area (Å²) in [6.07, 6.45) is 0. The summed E-state index contributed by atoms with van der Waals surface area (Å²) in [4.78, 5) is 0. The predicted molar refractivity (Wildman–Crippen MR) is 43.8 cm³/mol. The van der Waals surface area contributed by atoms with Gasteiger partial charge in [-0.25, -0.2) is 8.42 Å².